The fraction of sp³-hybridized carbons (Fsp3) is 0.222. The molecule has 0 unspecified atom stereocenters. The summed E-state index contributed by atoms with van der Waals surface area (Å²) in [6, 6.07) is 8.76. The molecule has 0 N–H and O–H groups in total. The summed E-state index contributed by atoms with van der Waals surface area (Å²) < 4.78 is 16.3. The van der Waals surface area contributed by atoms with Gasteiger partial charge in [0.05, 0.1) is 25.5 Å². The van der Waals surface area contributed by atoms with E-state index in [1.54, 1.807) is 33.3 Å². The minimum Gasteiger partial charge on any atom is -0.493 e. The monoisotopic (exact) mass is 387 g/mol. The van der Waals surface area contributed by atoms with Crippen LogP contribution in [0.3, 0.4) is 0 Å². The summed E-state index contributed by atoms with van der Waals surface area (Å²) in [5.74, 6) is 1.02. The van der Waals surface area contributed by atoms with E-state index in [4.69, 9.17) is 14.2 Å². The van der Waals surface area contributed by atoms with E-state index < -0.39 is 4.92 Å². The third-order valence-corrected chi connectivity index (χ3v) is 4.64. The van der Waals surface area contributed by atoms with Gasteiger partial charge in [-0.05, 0) is 34.2 Å². The molecule has 0 saturated heterocycles. The summed E-state index contributed by atoms with van der Waals surface area (Å²) in [7, 11) is 3.15. The average Bonchev–Trinajstić information content (AvgIpc) is 3.14. The predicted molar refractivity (Wildman–Crippen MR) is 101 cm³/mol. The van der Waals surface area contributed by atoms with Crippen molar-refractivity contribution in [2.24, 2.45) is 0 Å². The molecule has 2 aromatic heterocycles. The number of aryl methyl sites for hydroxylation is 1. The molecule has 140 valence electrons. The van der Waals surface area contributed by atoms with Gasteiger partial charge in [0.25, 0.3) is 0 Å². The first-order valence-corrected chi connectivity index (χ1v) is 8.82. The molecule has 0 bridgehead atoms. The molecule has 0 amide bonds. The highest BCUT2D eigenvalue weighted by atomic mass is 32.1. The average molecular weight is 387 g/mol. The molecular formula is C18H17N3O5S. The number of hydrogen-bond acceptors (Lipinski definition) is 8. The molecule has 3 rings (SSSR count). The zero-order chi connectivity index (χ0) is 19.4. The van der Waals surface area contributed by atoms with Crippen molar-refractivity contribution in [3.8, 4) is 27.8 Å². The van der Waals surface area contributed by atoms with Crippen molar-refractivity contribution in [2.75, 3.05) is 14.2 Å². The van der Waals surface area contributed by atoms with Crippen LogP contribution in [0.5, 0.6) is 17.2 Å². The van der Waals surface area contributed by atoms with Crippen LogP contribution < -0.4 is 14.2 Å². The van der Waals surface area contributed by atoms with Gasteiger partial charge in [0.15, 0.2) is 11.5 Å². The minimum absolute atomic E-state index is 0.0916. The number of methoxy groups -OCH3 is 2. The highest BCUT2D eigenvalue weighted by Gasteiger charge is 2.19. The maximum Gasteiger partial charge on any atom is 0.406 e. The summed E-state index contributed by atoms with van der Waals surface area (Å²) in [6.07, 6.45) is 0. The van der Waals surface area contributed by atoms with E-state index in [1.807, 2.05) is 23.6 Å². The third kappa shape index (κ3) is 3.98. The number of nitro groups is 1. The van der Waals surface area contributed by atoms with Crippen molar-refractivity contribution in [1.82, 2.24) is 9.97 Å². The lowest BCUT2D eigenvalue weighted by Crippen LogP contribution is -2.02. The van der Waals surface area contributed by atoms with Crippen LogP contribution in [0.15, 0.2) is 35.7 Å². The third-order valence-electron chi connectivity index (χ3n) is 3.71. The van der Waals surface area contributed by atoms with E-state index in [2.05, 4.69) is 9.97 Å². The molecule has 27 heavy (non-hydrogen) atoms. The van der Waals surface area contributed by atoms with Crippen LogP contribution in [0.25, 0.3) is 10.6 Å². The number of benzene rings is 1. The maximum absolute atomic E-state index is 11.1. The van der Waals surface area contributed by atoms with Crippen molar-refractivity contribution < 1.29 is 19.1 Å². The van der Waals surface area contributed by atoms with Gasteiger partial charge in [-0.2, -0.15) is 0 Å². The number of hydrogen-bond donors (Lipinski definition) is 0. The first-order chi connectivity index (χ1) is 13.0. The zero-order valence-corrected chi connectivity index (χ0v) is 15.8. The molecule has 0 atom stereocenters. The molecule has 0 aliphatic heterocycles. The Kier molecular flexibility index (Phi) is 5.51. The van der Waals surface area contributed by atoms with E-state index in [1.165, 1.54) is 11.3 Å². The first kappa shape index (κ1) is 18.6. The first-order valence-electron chi connectivity index (χ1n) is 7.94. The van der Waals surface area contributed by atoms with Crippen LogP contribution in [-0.2, 0) is 6.61 Å². The van der Waals surface area contributed by atoms with Gasteiger partial charge < -0.3 is 24.3 Å². The number of rotatable bonds is 7. The Labute approximate surface area is 159 Å². The van der Waals surface area contributed by atoms with Crippen molar-refractivity contribution in [3.05, 3.63) is 57.2 Å². The van der Waals surface area contributed by atoms with Crippen LogP contribution in [0.1, 0.15) is 11.4 Å². The molecule has 9 heteroatoms. The topological polar surface area (TPSA) is 96.6 Å². The maximum atomic E-state index is 11.1. The van der Waals surface area contributed by atoms with Gasteiger partial charge >= 0.3 is 5.82 Å². The Balaban J connectivity index is 1.81. The molecule has 1 aromatic carbocycles. The largest absolute Gasteiger partial charge is 0.493 e. The second kappa shape index (κ2) is 8.00. The molecule has 8 nitrogen and oxygen atoms in total. The fourth-order valence-corrected chi connectivity index (χ4v) is 3.30. The molecule has 2 heterocycles. The van der Waals surface area contributed by atoms with E-state index in [0.29, 0.717) is 22.9 Å². The molecule has 0 aliphatic carbocycles. The van der Waals surface area contributed by atoms with Gasteiger partial charge in [-0.25, -0.2) is 4.98 Å². The molecule has 0 spiro atoms. The Morgan fingerprint density at radius 1 is 1.11 bits per heavy atom. The number of thiazole rings is 1. The van der Waals surface area contributed by atoms with Gasteiger partial charge in [0.1, 0.15) is 17.3 Å². The Morgan fingerprint density at radius 3 is 2.63 bits per heavy atom. The van der Waals surface area contributed by atoms with Gasteiger partial charge in [-0.3, -0.25) is 0 Å². The fourth-order valence-electron chi connectivity index (χ4n) is 2.48. The number of ether oxygens (including phenoxy) is 3. The van der Waals surface area contributed by atoms with Gasteiger partial charge in [0.2, 0.25) is 5.75 Å². The van der Waals surface area contributed by atoms with Crippen molar-refractivity contribution >= 4 is 17.2 Å². The van der Waals surface area contributed by atoms with Crippen LogP contribution in [0.2, 0.25) is 0 Å². The van der Waals surface area contributed by atoms with Gasteiger partial charge in [-0.15, -0.1) is 11.3 Å². The Hall–Kier alpha value is -3.20. The lowest BCUT2D eigenvalue weighted by Gasteiger charge is -2.10. The second-order valence-electron chi connectivity index (χ2n) is 5.51. The van der Waals surface area contributed by atoms with E-state index >= 15 is 0 Å². The quantitative estimate of drug-likeness (QED) is 0.446. The molecule has 0 saturated carbocycles. The smallest absolute Gasteiger partial charge is 0.406 e. The van der Waals surface area contributed by atoms with Gasteiger partial charge in [-0.1, -0.05) is 6.07 Å². The number of aromatic nitrogens is 2. The summed E-state index contributed by atoms with van der Waals surface area (Å²) in [4.78, 5) is 19.0. The molecule has 0 fully saturated rings. The lowest BCUT2D eigenvalue weighted by molar-refractivity contribution is -0.390. The zero-order valence-electron chi connectivity index (χ0n) is 15.0. The number of pyridine rings is 1. The highest BCUT2D eigenvalue weighted by molar-refractivity contribution is 7.13. The summed E-state index contributed by atoms with van der Waals surface area (Å²) in [5, 5.41) is 13.7. The SMILES string of the molecule is COc1cccc(-c2nc(COc3ccc(C)nc3[N+](=O)[O-])cs2)c1OC. The van der Waals surface area contributed by atoms with Gasteiger partial charge in [0, 0.05) is 12.3 Å². The van der Waals surface area contributed by atoms with Crippen molar-refractivity contribution in [1.29, 1.82) is 0 Å². The molecular weight excluding hydrogens is 370 g/mol. The number of nitrogens with zero attached hydrogens (tertiary/aromatic N) is 3. The minimum atomic E-state index is -0.560. The van der Waals surface area contributed by atoms with Crippen LogP contribution in [0, 0.1) is 17.0 Å². The van der Waals surface area contributed by atoms with E-state index in [9.17, 15) is 10.1 Å². The highest BCUT2D eigenvalue weighted by Crippen LogP contribution is 2.39. The summed E-state index contributed by atoms with van der Waals surface area (Å²) >= 11 is 1.42. The Bertz CT molecular complexity index is 973. The van der Waals surface area contributed by atoms with Crippen molar-refractivity contribution in [3.63, 3.8) is 0 Å². The summed E-state index contributed by atoms with van der Waals surface area (Å²) in [6.45, 7) is 1.78. The van der Waals surface area contributed by atoms with E-state index in [0.717, 1.165) is 10.6 Å². The normalized spacial score (nSPS) is 10.5. The van der Waals surface area contributed by atoms with Crippen LogP contribution in [-0.4, -0.2) is 29.1 Å². The van der Waals surface area contributed by atoms with Crippen LogP contribution >= 0.6 is 11.3 Å². The molecule has 0 aliphatic rings. The molecule has 0 radical (unpaired) electrons. The predicted octanol–water partition coefficient (Wildman–Crippen LogP) is 4.02. The second-order valence-corrected chi connectivity index (χ2v) is 6.36. The molecule has 3 aromatic rings. The summed E-state index contributed by atoms with van der Waals surface area (Å²) in [5.41, 5.74) is 2.00. The van der Waals surface area contributed by atoms with E-state index in [-0.39, 0.29) is 18.2 Å². The lowest BCUT2D eigenvalue weighted by atomic mass is 10.2. The van der Waals surface area contributed by atoms with Crippen molar-refractivity contribution in [2.45, 2.75) is 13.5 Å². The Morgan fingerprint density at radius 2 is 1.93 bits per heavy atom. The number of para-hydroxylation sites is 1. The van der Waals surface area contributed by atoms with Crippen LogP contribution in [0.4, 0.5) is 5.82 Å². The standard InChI is InChI=1S/C18H17N3O5S/c1-11-7-8-15(17(19-11)21(22)23)26-9-12-10-27-18(20-12)13-5-4-6-14(24-2)16(13)25-3/h4-8,10H,9H2,1-3H3.